The third kappa shape index (κ3) is 11.1. The summed E-state index contributed by atoms with van der Waals surface area (Å²) in [4.78, 5) is 23.2. The lowest BCUT2D eigenvalue weighted by atomic mass is 10.2. The molecule has 0 aromatic carbocycles. The predicted molar refractivity (Wildman–Crippen MR) is 81.9 cm³/mol. The van der Waals surface area contributed by atoms with Crippen molar-refractivity contribution in [1.29, 1.82) is 0 Å². The second-order valence-corrected chi connectivity index (χ2v) is 5.39. The van der Waals surface area contributed by atoms with E-state index in [9.17, 15) is 9.59 Å². The lowest BCUT2D eigenvalue weighted by Crippen LogP contribution is -2.39. The Bertz CT molecular complexity index is 272. The highest BCUT2D eigenvalue weighted by atomic mass is 35.5. The summed E-state index contributed by atoms with van der Waals surface area (Å²) >= 11 is 5.54. The van der Waals surface area contributed by atoms with Crippen molar-refractivity contribution in [3.63, 3.8) is 0 Å². The highest BCUT2D eigenvalue weighted by molar-refractivity contribution is 6.17. The summed E-state index contributed by atoms with van der Waals surface area (Å²) in [6, 6.07) is -0.575. The molecule has 0 spiro atoms. The van der Waals surface area contributed by atoms with Crippen LogP contribution in [0.25, 0.3) is 0 Å². The van der Waals surface area contributed by atoms with Crippen LogP contribution in [-0.2, 0) is 14.3 Å². The minimum Gasteiger partial charge on any atom is -0.464 e. The van der Waals surface area contributed by atoms with Crippen molar-refractivity contribution in [2.45, 2.75) is 71.3 Å². The molecule has 0 bridgehead atoms. The highest BCUT2D eigenvalue weighted by Crippen LogP contribution is 2.03. The van der Waals surface area contributed by atoms with Crippen molar-refractivity contribution in [1.82, 2.24) is 5.32 Å². The zero-order chi connectivity index (χ0) is 15.2. The van der Waals surface area contributed by atoms with Gasteiger partial charge in [-0.15, -0.1) is 11.6 Å². The summed E-state index contributed by atoms with van der Waals surface area (Å²) < 4.78 is 5.14. The SMILES string of the molecule is CCCCCCCOC(=O)C(C)NC(=O)CCCCCl. The molecule has 118 valence electrons. The topological polar surface area (TPSA) is 55.4 Å². The number of nitrogens with one attached hydrogen (secondary N) is 1. The van der Waals surface area contributed by atoms with Gasteiger partial charge in [0.1, 0.15) is 6.04 Å². The number of esters is 1. The van der Waals surface area contributed by atoms with Crippen molar-refractivity contribution in [3.05, 3.63) is 0 Å². The summed E-state index contributed by atoms with van der Waals surface area (Å²) in [5.74, 6) is 0.0804. The Hall–Kier alpha value is -0.770. The zero-order valence-electron chi connectivity index (χ0n) is 12.8. The predicted octanol–water partition coefficient (Wildman–Crippen LogP) is 3.41. The minimum absolute atomic E-state index is 0.123. The second kappa shape index (κ2) is 13.2. The van der Waals surface area contributed by atoms with Crippen LogP contribution in [0, 0.1) is 0 Å². The third-order valence-corrected chi connectivity index (χ3v) is 3.28. The molecule has 0 heterocycles. The molecule has 1 unspecified atom stereocenters. The first-order chi connectivity index (χ1) is 9.61. The molecule has 0 fully saturated rings. The first kappa shape index (κ1) is 19.2. The summed E-state index contributed by atoms with van der Waals surface area (Å²) in [5.41, 5.74) is 0. The molecule has 5 heteroatoms. The van der Waals surface area contributed by atoms with Crippen LogP contribution in [0.4, 0.5) is 0 Å². The lowest BCUT2D eigenvalue weighted by Gasteiger charge is -2.13. The number of halogens is 1. The van der Waals surface area contributed by atoms with E-state index in [0.29, 0.717) is 18.9 Å². The van der Waals surface area contributed by atoms with Gasteiger partial charge in [0, 0.05) is 12.3 Å². The van der Waals surface area contributed by atoms with Crippen LogP contribution in [0.1, 0.15) is 65.2 Å². The Kier molecular flexibility index (Phi) is 12.7. The fourth-order valence-electron chi connectivity index (χ4n) is 1.76. The summed E-state index contributed by atoms with van der Waals surface area (Å²) in [6.07, 6.45) is 7.54. The van der Waals surface area contributed by atoms with Gasteiger partial charge in [0.15, 0.2) is 0 Å². The zero-order valence-corrected chi connectivity index (χ0v) is 13.5. The van der Waals surface area contributed by atoms with Crippen LogP contribution in [0.2, 0.25) is 0 Å². The molecule has 0 aliphatic rings. The van der Waals surface area contributed by atoms with Gasteiger partial charge < -0.3 is 10.1 Å². The van der Waals surface area contributed by atoms with Gasteiger partial charge in [0.05, 0.1) is 6.61 Å². The smallest absolute Gasteiger partial charge is 0.328 e. The van der Waals surface area contributed by atoms with Gasteiger partial charge in [-0.1, -0.05) is 32.6 Å². The number of hydrogen-bond acceptors (Lipinski definition) is 3. The molecule has 0 aliphatic carbocycles. The molecule has 0 saturated heterocycles. The van der Waals surface area contributed by atoms with Crippen molar-refractivity contribution in [2.75, 3.05) is 12.5 Å². The van der Waals surface area contributed by atoms with E-state index < -0.39 is 6.04 Å². The number of carbonyl (C=O) groups excluding carboxylic acids is 2. The van der Waals surface area contributed by atoms with Crippen LogP contribution in [0.15, 0.2) is 0 Å². The largest absolute Gasteiger partial charge is 0.464 e. The molecule has 1 amide bonds. The van der Waals surface area contributed by atoms with Crippen LogP contribution in [0.5, 0.6) is 0 Å². The number of unbranched alkanes of at least 4 members (excludes halogenated alkanes) is 5. The molecular weight excluding hydrogens is 278 g/mol. The number of alkyl halides is 1. The average molecular weight is 306 g/mol. The number of amides is 1. The van der Waals surface area contributed by atoms with E-state index in [2.05, 4.69) is 12.2 Å². The number of carbonyl (C=O) groups is 2. The molecule has 0 rings (SSSR count). The van der Waals surface area contributed by atoms with E-state index in [-0.39, 0.29) is 11.9 Å². The van der Waals surface area contributed by atoms with Crippen molar-refractivity contribution in [3.8, 4) is 0 Å². The van der Waals surface area contributed by atoms with Crippen LogP contribution in [0.3, 0.4) is 0 Å². The molecule has 20 heavy (non-hydrogen) atoms. The minimum atomic E-state index is -0.575. The van der Waals surface area contributed by atoms with E-state index in [1.165, 1.54) is 19.3 Å². The number of hydrogen-bond donors (Lipinski definition) is 1. The molecule has 0 saturated carbocycles. The highest BCUT2D eigenvalue weighted by Gasteiger charge is 2.16. The molecule has 0 aliphatic heterocycles. The molecule has 0 radical (unpaired) electrons. The van der Waals surface area contributed by atoms with Gasteiger partial charge in [-0.2, -0.15) is 0 Å². The van der Waals surface area contributed by atoms with Crippen molar-refractivity contribution >= 4 is 23.5 Å². The van der Waals surface area contributed by atoms with Crippen LogP contribution in [-0.4, -0.2) is 30.4 Å². The van der Waals surface area contributed by atoms with E-state index in [1.807, 2.05) is 0 Å². The Morgan fingerprint density at radius 1 is 1.10 bits per heavy atom. The Labute approximate surface area is 127 Å². The Morgan fingerprint density at radius 3 is 2.45 bits per heavy atom. The second-order valence-electron chi connectivity index (χ2n) is 5.02. The van der Waals surface area contributed by atoms with E-state index in [4.69, 9.17) is 16.3 Å². The van der Waals surface area contributed by atoms with Crippen molar-refractivity contribution in [2.24, 2.45) is 0 Å². The summed E-state index contributed by atoms with van der Waals surface area (Å²) in [6.45, 7) is 4.26. The molecule has 4 nitrogen and oxygen atoms in total. The van der Waals surface area contributed by atoms with Crippen molar-refractivity contribution < 1.29 is 14.3 Å². The van der Waals surface area contributed by atoms with Gasteiger partial charge in [0.25, 0.3) is 0 Å². The molecular formula is C15H28ClNO3. The normalized spacial score (nSPS) is 11.9. The fourth-order valence-corrected chi connectivity index (χ4v) is 1.94. The maximum absolute atomic E-state index is 11.6. The molecule has 1 atom stereocenters. The standard InChI is InChI=1S/C15H28ClNO3/c1-3-4-5-6-9-12-20-15(19)13(2)17-14(18)10-7-8-11-16/h13H,3-12H2,1-2H3,(H,17,18). The Balaban J connectivity index is 3.62. The maximum Gasteiger partial charge on any atom is 0.328 e. The van der Waals surface area contributed by atoms with E-state index in [1.54, 1.807) is 6.92 Å². The molecule has 0 aromatic heterocycles. The van der Waals surface area contributed by atoms with Gasteiger partial charge >= 0.3 is 5.97 Å². The number of ether oxygens (including phenoxy) is 1. The monoisotopic (exact) mass is 305 g/mol. The van der Waals surface area contributed by atoms with Crippen LogP contribution < -0.4 is 5.32 Å². The summed E-state index contributed by atoms with van der Waals surface area (Å²) in [5, 5.41) is 2.64. The lowest BCUT2D eigenvalue weighted by molar-refractivity contribution is -0.147. The first-order valence-corrected chi connectivity index (χ1v) is 8.17. The van der Waals surface area contributed by atoms with E-state index in [0.717, 1.165) is 25.7 Å². The van der Waals surface area contributed by atoms with Gasteiger partial charge in [-0.3, -0.25) is 4.79 Å². The van der Waals surface area contributed by atoms with Gasteiger partial charge in [-0.25, -0.2) is 4.79 Å². The quantitative estimate of drug-likeness (QED) is 0.341. The van der Waals surface area contributed by atoms with Gasteiger partial charge in [0.2, 0.25) is 5.91 Å². The van der Waals surface area contributed by atoms with E-state index >= 15 is 0 Å². The molecule has 0 aromatic rings. The van der Waals surface area contributed by atoms with Gasteiger partial charge in [-0.05, 0) is 26.2 Å². The molecule has 1 N–H and O–H groups in total. The Morgan fingerprint density at radius 2 is 1.80 bits per heavy atom. The average Bonchev–Trinajstić information content (AvgIpc) is 2.42. The fraction of sp³-hybridized carbons (Fsp3) is 0.867. The summed E-state index contributed by atoms with van der Waals surface area (Å²) in [7, 11) is 0. The van der Waals surface area contributed by atoms with Crippen LogP contribution >= 0.6 is 11.6 Å². The third-order valence-electron chi connectivity index (χ3n) is 3.01. The first-order valence-electron chi connectivity index (χ1n) is 7.63. The number of rotatable bonds is 12. The maximum atomic E-state index is 11.6.